The van der Waals surface area contributed by atoms with Crippen molar-refractivity contribution in [3.05, 3.63) is 102 Å². The van der Waals surface area contributed by atoms with Crippen molar-refractivity contribution in [2.45, 2.75) is 52.8 Å². The zero-order valence-electron chi connectivity index (χ0n) is 23.2. The fourth-order valence-electron chi connectivity index (χ4n) is 4.88. The Hall–Kier alpha value is -3.62. The van der Waals surface area contributed by atoms with Gasteiger partial charge in [0, 0.05) is 17.5 Å². The van der Waals surface area contributed by atoms with Crippen LogP contribution in [0.2, 0.25) is 0 Å². The molecule has 45 heavy (non-hydrogen) atoms. The summed E-state index contributed by atoms with van der Waals surface area (Å²) in [5.41, 5.74) is 0.771. The number of halogens is 6. The van der Waals surface area contributed by atoms with Gasteiger partial charge < -0.3 is 5.32 Å². The predicted molar refractivity (Wildman–Crippen MR) is 160 cm³/mol. The van der Waals surface area contributed by atoms with E-state index in [2.05, 4.69) is 20.3 Å². The van der Waals surface area contributed by atoms with E-state index in [0.29, 0.717) is 11.4 Å². The second-order valence-corrected chi connectivity index (χ2v) is 13.3. The molecule has 7 nitrogen and oxygen atoms in total. The van der Waals surface area contributed by atoms with E-state index >= 15 is 0 Å². The molecule has 1 amide bonds. The number of nitrogens with one attached hydrogen (secondary N) is 1. The van der Waals surface area contributed by atoms with Crippen molar-refractivity contribution in [2.24, 2.45) is 5.92 Å². The van der Waals surface area contributed by atoms with Gasteiger partial charge in [-0.25, -0.2) is 27.2 Å². The lowest BCUT2D eigenvalue weighted by molar-refractivity contribution is -0.141. The highest BCUT2D eigenvalue weighted by atomic mass is 35.5. The number of carbonyl (C=O) groups excluding carboxylic acids is 1. The molecule has 0 saturated heterocycles. The average molecular weight is 685 g/mol. The van der Waals surface area contributed by atoms with E-state index in [1.54, 1.807) is 0 Å². The second-order valence-electron chi connectivity index (χ2n) is 10.2. The molecule has 1 unspecified atom stereocenters. The molecule has 2 aromatic heterocycles. The molecule has 2 heterocycles. The summed E-state index contributed by atoms with van der Waals surface area (Å²) in [6.07, 6.45) is -5.77. The third-order valence-corrected chi connectivity index (χ3v) is 10.3. The minimum Gasteiger partial charge on any atom is -0.350 e. The Morgan fingerprint density at radius 1 is 0.978 bits per heavy atom. The van der Waals surface area contributed by atoms with E-state index in [-0.39, 0.29) is 53.1 Å². The highest BCUT2D eigenvalue weighted by Crippen LogP contribution is 2.37. The van der Waals surface area contributed by atoms with Crippen molar-refractivity contribution in [3.63, 3.8) is 0 Å². The first kappa shape index (κ1) is 34.3. The molecule has 5 rings (SSSR count). The van der Waals surface area contributed by atoms with Gasteiger partial charge in [0.25, 0.3) is 0 Å². The molecule has 1 aliphatic carbocycles. The number of benzene rings is 2. The number of thioether (sulfide) groups is 1. The molecule has 0 radical (unpaired) electrons. The number of aromatic nitrogens is 3. The van der Waals surface area contributed by atoms with Crippen LogP contribution in [-0.4, -0.2) is 40.7 Å². The molecule has 0 aliphatic heterocycles. The Morgan fingerprint density at radius 3 is 2.33 bits per heavy atom. The lowest BCUT2D eigenvalue weighted by Crippen LogP contribution is -2.38. The Balaban J connectivity index is 0.00000461. The monoisotopic (exact) mass is 684 g/mol. The summed E-state index contributed by atoms with van der Waals surface area (Å²) in [5, 5.41) is 1.58. The van der Waals surface area contributed by atoms with E-state index in [1.165, 1.54) is 23.9 Å². The van der Waals surface area contributed by atoms with Crippen LogP contribution in [0.4, 0.5) is 22.0 Å². The van der Waals surface area contributed by atoms with Gasteiger partial charge in [0.15, 0.2) is 15.0 Å². The molecule has 1 fully saturated rings. The number of amides is 1. The predicted octanol–water partition coefficient (Wildman–Crippen LogP) is 6.62. The summed E-state index contributed by atoms with van der Waals surface area (Å²) in [6, 6.07) is 17.1. The molecule has 2 aromatic carbocycles. The third-order valence-electron chi connectivity index (χ3n) is 7.09. The Labute approximate surface area is 266 Å². The quantitative estimate of drug-likeness (QED) is 0.0916. The van der Waals surface area contributed by atoms with Crippen LogP contribution in [0, 0.1) is 11.7 Å². The normalized spacial score (nSPS) is 18.3. The summed E-state index contributed by atoms with van der Waals surface area (Å²) in [6.45, 7) is -0.182. The molecule has 1 aliphatic rings. The van der Waals surface area contributed by atoms with Crippen LogP contribution in [0.5, 0.6) is 0 Å². The maximum atomic E-state index is 14.5. The second kappa shape index (κ2) is 14.2. The number of hydrogen-bond donors (Lipinski definition) is 1. The smallest absolute Gasteiger partial charge is 0.350 e. The number of sulfone groups is 1. The largest absolute Gasteiger partial charge is 0.433 e. The zero-order valence-corrected chi connectivity index (χ0v) is 25.7. The number of rotatable bonds is 9. The first-order valence-corrected chi connectivity index (χ1v) is 15.9. The van der Waals surface area contributed by atoms with Crippen LogP contribution < -0.4 is 5.32 Å². The van der Waals surface area contributed by atoms with Crippen LogP contribution in [0.1, 0.15) is 29.8 Å². The van der Waals surface area contributed by atoms with Gasteiger partial charge >= 0.3 is 6.18 Å². The molecule has 1 saturated carbocycles. The minimum atomic E-state index is -4.61. The average Bonchev–Trinajstić information content (AvgIpc) is 3.42. The van der Waals surface area contributed by atoms with Crippen molar-refractivity contribution in [1.82, 2.24) is 20.3 Å². The van der Waals surface area contributed by atoms with Gasteiger partial charge in [0.1, 0.15) is 17.7 Å². The standard InChI is InChI=1S/C30H25F5N4O3S2.ClH/c31-20-7-9-23(10-8-20)44(41,42)26-13-21(32)12-24(26)28(40)37-16-22-14-25(19-6-11-27(36-15-19)30(33,34)35)39-29(38-22)43-17-18-4-2-1-3-5-18;/h1-11,14-15,21,24,26H,12-13,16-17H2,(H,37,40);1H/t21-,24-,26?;/m1./s1. The van der Waals surface area contributed by atoms with Crippen LogP contribution >= 0.6 is 24.2 Å². The lowest BCUT2D eigenvalue weighted by atomic mass is 10.1. The molecule has 0 bridgehead atoms. The van der Waals surface area contributed by atoms with Crippen LogP contribution in [0.3, 0.4) is 0 Å². The lowest BCUT2D eigenvalue weighted by Gasteiger charge is -2.19. The van der Waals surface area contributed by atoms with Crippen LogP contribution in [-0.2, 0) is 33.1 Å². The maximum Gasteiger partial charge on any atom is 0.433 e. The Morgan fingerprint density at radius 2 is 1.69 bits per heavy atom. The number of hydrogen-bond acceptors (Lipinski definition) is 7. The number of nitrogens with zero attached hydrogens (tertiary/aromatic N) is 3. The van der Waals surface area contributed by atoms with E-state index < -0.39 is 50.8 Å². The van der Waals surface area contributed by atoms with Crippen LogP contribution in [0.15, 0.2) is 89.0 Å². The zero-order chi connectivity index (χ0) is 31.5. The summed E-state index contributed by atoms with van der Waals surface area (Å²) in [7, 11) is -4.15. The summed E-state index contributed by atoms with van der Waals surface area (Å²) >= 11 is 1.28. The first-order chi connectivity index (χ1) is 20.9. The van der Waals surface area contributed by atoms with E-state index in [9.17, 15) is 35.2 Å². The van der Waals surface area contributed by atoms with Gasteiger partial charge in [-0.05, 0) is 60.9 Å². The van der Waals surface area contributed by atoms with Gasteiger partial charge in [0.05, 0.1) is 34.0 Å². The Bertz CT molecular complexity index is 1730. The number of pyridine rings is 1. The maximum absolute atomic E-state index is 14.5. The molecule has 1 N–H and O–H groups in total. The van der Waals surface area contributed by atoms with Gasteiger partial charge in [-0.1, -0.05) is 42.1 Å². The van der Waals surface area contributed by atoms with Crippen molar-refractivity contribution in [1.29, 1.82) is 0 Å². The molecular formula is C30H26ClF5N4O3S2. The van der Waals surface area contributed by atoms with Gasteiger partial charge in [-0.3, -0.25) is 9.78 Å². The van der Waals surface area contributed by atoms with E-state index in [1.807, 2.05) is 30.3 Å². The van der Waals surface area contributed by atoms with Gasteiger partial charge in [0.2, 0.25) is 5.91 Å². The fraction of sp³-hybridized carbons (Fsp3) is 0.267. The van der Waals surface area contributed by atoms with Crippen molar-refractivity contribution in [3.8, 4) is 11.3 Å². The minimum absolute atomic E-state index is 0. The number of alkyl halides is 4. The van der Waals surface area contributed by atoms with E-state index in [0.717, 1.165) is 42.1 Å². The molecular weight excluding hydrogens is 659 g/mol. The molecule has 3 atom stereocenters. The van der Waals surface area contributed by atoms with Crippen molar-refractivity contribution < 1.29 is 35.2 Å². The number of carbonyl (C=O) groups is 1. The highest BCUT2D eigenvalue weighted by Gasteiger charge is 2.46. The van der Waals surface area contributed by atoms with Crippen molar-refractivity contribution in [2.75, 3.05) is 0 Å². The summed E-state index contributed by atoms with van der Waals surface area (Å²) in [4.78, 5) is 25.5. The summed E-state index contributed by atoms with van der Waals surface area (Å²) in [5.74, 6) is -2.04. The van der Waals surface area contributed by atoms with Gasteiger partial charge in [-0.15, -0.1) is 12.4 Å². The van der Waals surface area contributed by atoms with Gasteiger partial charge in [-0.2, -0.15) is 13.2 Å². The molecule has 15 heteroatoms. The van der Waals surface area contributed by atoms with Crippen molar-refractivity contribution >= 4 is 39.9 Å². The molecule has 0 spiro atoms. The molecule has 238 valence electrons. The molecule has 4 aromatic rings. The fourth-order valence-corrected chi connectivity index (χ4v) is 7.71. The topological polar surface area (TPSA) is 102 Å². The summed E-state index contributed by atoms with van der Waals surface area (Å²) < 4.78 is 93.4. The highest BCUT2D eigenvalue weighted by molar-refractivity contribution is 7.98. The Kier molecular flexibility index (Phi) is 10.8. The third kappa shape index (κ3) is 8.35. The first-order valence-electron chi connectivity index (χ1n) is 13.4. The van der Waals surface area contributed by atoms with Crippen LogP contribution in [0.25, 0.3) is 11.3 Å². The van der Waals surface area contributed by atoms with E-state index in [4.69, 9.17) is 0 Å². The SMILES string of the molecule is Cl.O=C(NCc1cc(-c2ccc(C(F)(F)F)nc2)nc(SCc2ccccc2)n1)[C@@H]1C[C@@H](F)CC1S(=O)(=O)c1ccc(F)cc1.